The van der Waals surface area contributed by atoms with Gasteiger partial charge in [0.25, 0.3) is 11.8 Å². The molecule has 0 fully saturated rings. The van der Waals surface area contributed by atoms with Gasteiger partial charge in [0.15, 0.2) is 0 Å². The van der Waals surface area contributed by atoms with Crippen molar-refractivity contribution in [3.05, 3.63) is 60.5 Å². The van der Waals surface area contributed by atoms with Gasteiger partial charge in [-0.3, -0.25) is 19.3 Å². The van der Waals surface area contributed by atoms with Crippen molar-refractivity contribution in [1.29, 1.82) is 0 Å². The number of aryl methyl sites for hydroxylation is 2. The molecule has 3 amide bonds. The highest BCUT2D eigenvalue weighted by atomic mass is 35.5. The Bertz CT molecular complexity index is 953. The lowest BCUT2D eigenvalue weighted by atomic mass is 10.1. The number of amides is 3. The highest BCUT2D eigenvalue weighted by Gasteiger charge is 2.42. The van der Waals surface area contributed by atoms with Crippen LogP contribution in [0.5, 0.6) is 0 Å². The Hall–Kier alpha value is -1.79. The Balaban J connectivity index is 1.90. The van der Waals surface area contributed by atoms with E-state index in [0.29, 0.717) is 5.69 Å². The number of carbonyl (C=O) groups excluding carboxylic acids is 3. The summed E-state index contributed by atoms with van der Waals surface area (Å²) in [6, 6.07) is 5.55. The van der Waals surface area contributed by atoms with Crippen LogP contribution in [0.1, 0.15) is 31.8 Å². The molecule has 1 heterocycles. The molecule has 140 valence electrons. The van der Waals surface area contributed by atoms with E-state index >= 15 is 0 Å². The maximum atomic E-state index is 12.6. The molecule has 5 nitrogen and oxygen atoms in total. The molecule has 0 bridgehead atoms. The molecule has 0 unspecified atom stereocenters. The van der Waals surface area contributed by atoms with Gasteiger partial charge in [0.1, 0.15) is 6.54 Å². The van der Waals surface area contributed by atoms with Crippen molar-refractivity contribution < 1.29 is 14.4 Å². The lowest BCUT2D eigenvalue weighted by molar-refractivity contribution is -0.116. The van der Waals surface area contributed by atoms with Crippen LogP contribution in [0.4, 0.5) is 5.69 Å². The van der Waals surface area contributed by atoms with Crippen LogP contribution in [0.3, 0.4) is 0 Å². The second-order valence-electron chi connectivity index (χ2n) is 6.02. The quantitative estimate of drug-likeness (QED) is 0.403. The molecule has 9 heteroatoms. The van der Waals surface area contributed by atoms with Crippen molar-refractivity contribution in [3.63, 3.8) is 0 Å². The van der Waals surface area contributed by atoms with Gasteiger partial charge in [-0.2, -0.15) is 0 Å². The van der Waals surface area contributed by atoms with Crippen molar-refractivity contribution in [3.8, 4) is 0 Å². The van der Waals surface area contributed by atoms with Gasteiger partial charge in [-0.1, -0.05) is 64.6 Å². The molecule has 0 atom stereocenters. The first kappa shape index (κ1) is 20.0. The van der Waals surface area contributed by atoms with Crippen LogP contribution < -0.4 is 5.32 Å². The number of carbonyl (C=O) groups is 3. The lowest BCUT2D eigenvalue weighted by Gasteiger charge is -2.16. The van der Waals surface area contributed by atoms with E-state index in [-0.39, 0.29) is 31.2 Å². The summed E-state index contributed by atoms with van der Waals surface area (Å²) >= 11 is 24.1. The van der Waals surface area contributed by atoms with Crippen LogP contribution in [-0.4, -0.2) is 29.2 Å². The topological polar surface area (TPSA) is 66.5 Å². The first-order valence-electron chi connectivity index (χ1n) is 7.73. The second-order valence-corrected chi connectivity index (χ2v) is 7.53. The molecule has 0 aliphatic carbocycles. The van der Waals surface area contributed by atoms with Crippen molar-refractivity contribution >= 4 is 69.8 Å². The molecule has 1 N–H and O–H groups in total. The van der Waals surface area contributed by atoms with Crippen LogP contribution in [0.25, 0.3) is 0 Å². The van der Waals surface area contributed by atoms with E-state index < -0.39 is 24.3 Å². The third-order valence-electron chi connectivity index (χ3n) is 4.23. The van der Waals surface area contributed by atoms with E-state index in [1.54, 1.807) is 0 Å². The number of benzene rings is 2. The first-order valence-corrected chi connectivity index (χ1v) is 9.24. The number of para-hydroxylation sites is 1. The average Bonchev–Trinajstić information content (AvgIpc) is 2.86. The van der Waals surface area contributed by atoms with Crippen molar-refractivity contribution in [2.45, 2.75) is 13.8 Å². The number of nitrogens with zero attached hydrogens (tertiary/aromatic N) is 1. The third-order valence-corrected chi connectivity index (χ3v) is 6.03. The summed E-state index contributed by atoms with van der Waals surface area (Å²) in [4.78, 5) is 38.5. The molecular weight excluding hydrogens is 434 g/mol. The molecule has 0 spiro atoms. The maximum absolute atomic E-state index is 12.6. The summed E-state index contributed by atoms with van der Waals surface area (Å²) < 4.78 is 0. The van der Waals surface area contributed by atoms with Crippen LogP contribution in [0.15, 0.2) is 18.2 Å². The zero-order valence-electron chi connectivity index (χ0n) is 14.1. The fourth-order valence-electron chi connectivity index (χ4n) is 2.87. The number of fused-ring (bicyclic) bond motifs is 1. The Labute approximate surface area is 175 Å². The van der Waals surface area contributed by atoms with Crippen molar-refractivity contribution in [2.24, 2.45) is 0 Å². The molecule has 27 heavy (non-hydrogen) atoms. The van der Waals surface area contributed by atoms with Gasteiger partial charge >= 0.3 is 0 Å². The number of hydrogen-bond donors (Lipinski definition) is 1. The largest absolute Gasteiger partial charge is 0.324 e. The molecule has 2 aromatic carbocycles. The molecule has 0 saturated heterocycles. The molecule has 0 radical (unpaired) electrons. The summed E-state index contributed by atoms with van der Waals surface area (Å²) in [5.74, 6) is -2.04. The van der Waals surface area contributed by atoms with Gasteiger partial charge in [0.2, 0.25) is 5.91 Å². The highest BCUT2D eigenvalue weighted by molar-refractivity contribution is 6.55. The normalized spacial score (nSPS) is 13.2. The predicted octanol–water partition coefficient (Wildman–Crippen LogP) is 5.15. The SMILES string of the molecule is Cc1cccc(C)c1NC(=O)CN1C(=O)c2c(Cl)c(Cl)c(Cl)c(Cl)c2C1=O. The van der Waals surface area contributed by atoms with E-state index in [4.69, 9.17) is 46.4 Å². The van der Waals surface area contributed by atoms with Crippen LogP contribution in [-0.2, 0) is 4.79 Å². The molecule has 0 saturated carbocycles. The number of imide groups is 1. The Morgan fingerprint density at radius 2 is 1.33 bits per heavy atom. The number of halogens is 4. The van der Waals surface area contributed by atoms with Crippen LogP contribution in [0, 0.1) is 13.8 Å². The van der Waals surface area contributed by atoms with Gasteiger partial charge in [0, 0.05) is 5.69 Å². The van der Waals surface area contributed by atoms with E-state index in [1.807, 2.05) is 32.0 Å². The minimum Gasteiger partial charge on any atom is -0.324 e. The Morgan fingerprint density at radius 1 is 0.889 bits per heavy atom. The van der Waals surface area contributed by atoms with Crippen molar-refractivity contribution in [1.82, 2.24) is 4.90 Å². The molecular formula is C18H12Cl4N2O3. The number of rotatable bonds is 3. The third kappa shape index (κ3) is 3.29. The smallest absolute Gasteiger partial charge is 0.263 e. The number of nitrogens with one attached hydrogen (secondary N) is 1. The van der Waals surface area contributed by atoms with Crippen molar-refractivity contribution in [2.75, 3.05) is 11.9 Å². The minimum atomic E-state index is -0.753. The van der Waals surface area contributed by atoms with E-state index in [2.05, 4.69) is 5.32 Å². The fraction of sp³-hybridized carbons (Fsp3) is 0.167. The lowest BCUT2D eigenvalue weighted by Crippen LogP contribution is -2.37. The summed E-state index contributed by atoms with van der Waals surface area (Å²) in [5, 5.41) is 2.14. The second kappa shape index (κ2) is 7.32. The van der Waals surface area contributed by atoms with Gasteiger partial charge in [-0.05, 0) is 25.0 Å². The summed E-state index contributed by atoms with van der Waals surface area (Å²) in [7, 11) is 0. The van der Waals surface area contributed by atoms with Gasteiger partial charge in [-0.25, -0.2) is 0 Å². The van der Waals surface area contributed by atoms with Gasteiger partial charge in [0.05, 0.1) is 31.2 Å². The highest BCUT2D eigenvalue weighted by Crippen LogP contribution is 2.44. The Morgan fingerprint density at radius 3 is 1.78 bits per heavy atom. The monoisotopic (exact) mass is 444 g/mol. The Kier molecular flexibility index (Phi) is 5.41. The van der Waals surface area contributed by atoms with E-state index in [9.17, 15) is 14.4 Å². The summed E-state index contributed by atoms with van der Waals surface area (Å²) in [6.45, 7) is 3.18. The number of anilines is 1. The molecule has 0 aromatic heterocycles. The average molecular weight is 446 g/mol. The standard InChI is InChI=1S/C18H12Cl4N2O3/c1-7-4-3-5-8(2)16(7)23-9(25)6-24-17(26)10-11(18(24)27)13(20)15(22)14(21)12(10)19/h3-5H,6H2,1-2H3,(H,23,25). The first-order chi connectivity index (χ1) is 12.6. The zero-order chi connectivity index (χ0) is 20.0. The van der Waals surface area contributed by atoms with Gasteiger partial charge < -0.3 is 5.32 Å². The maximum Gasteiger partial charge on any atom is 0.263 e. The summed E-state index contributed by atoms with van der Waals surface area (Å²) in [6.07, 6.45) is 0. The van der Waals surface area contributed by atoms with E-state index in [1.165, 1.54) is 0 Å². The van der Waals surface area contributed by atoms with Crippen LogP contribution in [0.2, 0.25) is 20.1 Å². The molecule has 1 aliphatic heterocycles. The zero-order valence-corrected chi connectivity index (χ0v) is 17.1. The molecule has 1 aliphatic rings. The molecule has 2 aromatic rings. The van der Waals surface area contributed by atoms with E-state index in [0.717, 1.165) is 16.0 Å². The van der Waals surface area contributed by atoms with Gasteiger partial charge in [-0.15, -0.1) is 0 Å². The predicted molar refractivity (Wildman–Crippen MR) is 106 cm³/mol. The molecule has 3 rings (SSSR count). The summed E-state index contributed by atoms with van der Waals surface area (Å²) in [5.41, 5.74) is 2.04. The van der Waals surface area contributed by atoms with Crippen LogP contribution >= 0.6 is 46.4 Å². The number of hydrogen-bond acceptors (Lipinski definition) is 3. The fourth-order valence-corrected chi connectivity index (χ4v) is 3.89. The minimum absolute atomic E-state index is 0.120.